The van der Waals surface area contributed by atoms with E-state index >= 15 is 0 Å². The Morgan fingerprint density at radius 3 is 2.70 bits per heavy atom. The zero-order valence-corrected chi connectivity index (χ0v) is 13.8. The largest absolute Gasteiger partial charge is 0.355 e. The van der Waals surface area contributed by atoms with Crippen LogP contribution in [0.4, 0.5) is 0 Å². The van der Waals surface area contributed by atoms with Crippen LogP contribution >= 0.6 is 0 Å². The molecule has 1 fully saturated rings. The topological polar surface area (TPSA) is 66.5 Å². The molecule has 0 saturated carbocycles. The Labute approximate surface area is 136 Å². The van der Waals surface area contributed by atoms with Gasteiger partial charge in [0.15, 0.2) is 0 Å². The third kappa shape index (κ3) is 2.96. The zero-order valence-electron chi connectivity index (χ0n) is 13.0. The molecule has 122 valence electrons. The molecule has 2 aromatic rings. The van der Waals surface area contributed by atoms with Crippen molar-refractivity contribution in [2.75, 3.05) is 13.1 Å². The molecule has 3 rings (SSSR count). The number of nitrogens with one attached hydrogen (secondary N) is 1. The van der Waals surface area contributed by atoms with Crippen LogP contribution in [0.15, 0.2) is 47.4 Å². The number of likely N-dealkylation sites (N-methyl/N-ethyl adjacent to an activating group) is 1. The number of rotatable bonds is 4. The molecule has 0 aliphatic carbocycles. The van der Waals surface area contributed by atoms with Crippen LogP contribution in [0.3, 0.4) is 0 Å². The predicted octanol–water partition coefficient (Wildman–Crippen LogP) is 2.13. The van der Waals surface area contributed by atoms with Crippen molar-refractivity contribution in [2.45, 2.75) is 30.7 Å². The van der Waals surface area contributed by atoms with E-state index in [1.165, 1.54) is 4.31 Å². The summed E-state index contributed by atoms with van der Waals surface area (Å²) < 4.78 is 27.2. The van der Waals surface area contributed by atoms with E-state index < -0.39 is 16.1 Å². The van der Waals surface area contributed by atoms with E-state index in [1.807, 2.05) is 31.2 Å². The maximum atomic E-state index is 12.9. The second kappa shape index (κ2) is 6.29. The molecule has 1 saturated heterocycles. The van der Waals surface area contributed by atoms with Crippen molar-refractivity contribution in [3.63, 3.8) is 0 Å². The monoisotopic (exact) mass is 332 g/mol. The summed E-state index contributed by atoms with van der Waals surface area (Å²) in [6, 6.07) is 12.1. The first-order valence-corrected chi connectivity index (χ1v) is 9.26. The van der Waals surface area contributed by atoms with Crippen molar-refractivity contribution >= 4 is 26.7 Å². The average molecular weight is 332 g/mol. The lowest BCUT2D eigenvalue weighted by Gasteiger charge is -2.23. The van der Waals surface area contributed by atoms with Gasteiger partial charge in [0.1, 0.15) is 6.04 Å². The van der Waals surface area contributed by atoms with Crippen molar-refractivity contribution in [1.29, 1.82) is 0 Å². The Kier molecular flexibility index (Phi) is 4.37. The van der Waals surface area contributed by atoms with E-state index in [0.717, 1.165) is 10.8 Å². The quantitative estimate of drug-likeness (QED) is 0.933. The fourth-order valence-electron chi connectivity index (χ4n) is 3.05. The Morgan fingerprint density at radius 1 is 1.22 bits per heavy atom. The Hall–Kier alpha value is -1.92. The highest BCUT2D eigenvalue weighted by molar-refractivity contribution is 7.89. The van der Waals surface area contributed by atoms with E-state index in [-0.39, 0.29) is 10.8 Å². The first-order chi connectivity index (χ1) is 11.0. The molecule has 0 spiro atoms. The van der Waals surface area contributed by atoms with Crippen LogP contribution in [0.25, 0.3) is 10.8 Å². The van der Waals surface area contributed by atoms with Crippen LogP contribution in [0.2, 0.25) is 0 Å². The summed E-state index contributed by atoms with van der Waals surface area (Å²) in [6.45, 7) is 2.71. The predicted molar refractivity (Wildman–Crippen MR) is 89.5 cm³/mol. The van der Waals surface area contributed by atoms with Gasteiger partial charge in [0.2, 0.25) is 15.9 Å². The summed E-state index contributed by atoms with van der Waals surface area (Å²) >= 11 is 0. The molecule has 0 bridgehead atoms. The molecule has 0 aromatic heterocycles. The molecule has 0 radical (unpaired) electrons. The number of benzene rings is 2. The third-order valence-electron chi connectivity index (χ3n) is 4.18. The number of nitrogens with zero attached hydrogens (tertiary/aromatic N) is 1. The van der Waals surface area contributed by atoms with Gasteiger partial charge >= 0.3 is 0 Å². The molecule has 1 heterocycles. The lowest BCUT2D eigenvalue weighted by atomic mass is 10.1. The molecule has 1 aliphatic rings. The summed E-state index contributed by atoms with van der Waals surface area (Å²) in [5.74, 6) is -0.214. The smallest absolute Gasteiger partial charge is 0.243 e. The van der Waals surface area contributed by atoms with E-state index in [2.05, 4.69) is 5.32 Å². The molecule has 23 heavy (non-hydrogen) atoms. The van der Waals surface area contributed by atoms with Crippen molar-refractivity contribution in [2.24, 2.45) is 0 Å². The minimum Gasteiger partial charge on any atom is -0.355 e. The first kappa shape index (κ1) is 16.0. The van der Waals surface area contributed by atoms with E-state index in [1.54, 1.807) is 18.2 Å². The standard InChI is InChI=1S/C17H20N2O3S/c1-2-18-17(20)16-8-5-11-19(16)23(21,22)15-10-9-13-6-3-4-7-14(13)12-15/h3-4,6-7,9-10,12,16H,2,5,8,11H2,1H3,(H,18,20)/t16-/m0/s1. The normalized spacial score (nSPS) is 19.1. The fraction of sp³-hybridized carbons (Fsp3) is 0.353. The molecule has 0 unspecified atom stereocenters. The lowest BCUT2D eigenvalue weighted by Crippen LogP contribution is -2.45. The maximum Gasteiger partial charge on any atom is 0.243 e. The molecular formula is C17H20N2O3S. The van der Waals surface area contributed by atoms with Gasteiger partial charge in [-0.15, -0.1) is 0 Å². The maximum absolute atomic E-state index is 12.9. The highest BCUT2D eigenvalue weighted by Crippen LogP contribution is 2.28. The molecule has 1 atom stereocenters. The molecule has 1 amide bonds. The summed E-state index contributed by atoms with van der Waals surface area (Å²) in [5, 5.41) is 4.60. The third-order valence-corrected chi connectivity index (χ3v) is 6.09. The minimum absolute atomic E-state index is 0.214. The van der Waals surface area contributed by atoms with Crippen molar-refractivity contribution in [3.05, 3.63) is 42.5 Å². The number of sulfonamides is 1. The van der Waals surface area contributed by atoms with Crippen LogP contribution in [0.5, 0.6) is 0 Å². The summed E-state index contributed by atoms with van der Waals surface area (Å²) in [7, 11) is -3.67. The molecule has 1 aliphatic heterocycles. The first-order valence-electron chi connectivity index (χ1n) is 7.82. The molecule has 6 heteroatoms. The van der Waals surface area contributed by atoms with Gasteiger partial charge in [0, 0.05) is 13.1 Å². The fourth-order valence-corrected chi connectivity index (χ4v) is 4.74. The number of amides is 1. The van der Waals surface area contributed by atoms with Gasteiger partial charge in [-0.2, -0.15) is 4.31 Å². The lowest BCUT2D eigenvalue weighted by molar-refractivity contribution is -0.124. The van der Waals surface area contributed by atoms with Gasteiger partial charge in [-0.05, 0) is 42.7 Å². The Morgan fingerprint density at radius 2 is 1.96 bits per heavy atom. The Bertz CT molecular complexity index is 833. The van der Waals surface area contributed by atoms with Gasteiger partial charge in [-0.25, -0.2) is 8.42 Å². The average Bonchev–Trinajstić information content (AvgIpc) is 3.05. The minimum atomic E-state index is -3.67. The van der Waals surface area contributed by atoms with E-state index in [4.69, 9.17) is 0 Å². The second-order valence-electron chi connectivity index (χ2n) is 5.68. The molecular weight excluding hydrogens is 312 g/mol. The van der Waals surface area contributed by atoms with Crippen molar-refractivity contribution in [3.8, 4) is 0 Å². The summed E-state index contributed by atoms with van der Waals surface area (Å²) in [6.07, 6.45) is 1.27. The number of hydrogen-bond acceptors (Lipinski definition) is 3. The molecule has 5 nitrogen and oxygen atoms in total. The van der Waals surface area contributed by atoms with Gasteiger partial charge in [-0.3, -0.25) is 4.79 Å². The highest BCUT2D eigenvalue weighted by atomic mass is 32.2. The van der Waals surface area contributed by atoms with Crippen LogP contribution in [0, 0.1) is 0 Å². The summed E-state index contributed by atoms with van der Waals surface area (Å²) in [4.78, 5) is 12.4. The van der Waals surface area contributed by atoms with Crippen molar-refractivity contribution in [1.82, 2.24) is 9.62 Å². The SMILES string of the molecule is CCNC(=O)[C@@H]1CCCN1S(=O)(=O)c1ccc2ccccc2c1. The summed E-state index contributed by atoms with van der Waals surface area (Å²) in [5.41, 5.74) is 0. The molecule has 1 N–H and O–H groups in total. The number of carbonyl (C=O) groups excluding carboxylic acids is 1. The second-order valence-corrected chi connectivity index (χ2v) is 7.57. The van der Waals surface area contributed by atoms with E-state index in [9.17, 15) is 13.2 Å². The van der Waals surface area contributed by atoms with Gasteiger partial charge in [-0.1, -0.05) is 30.3 Å². The van der Waals surface area contributed by atoms with Crippen molar-refractivity contribution < 1.29 is 13.2 Å². The van der Waals surface area contributed by atoms with Crippen LogP contribution in [-0.2, 0) is 14.8 Å². The van der Waals surface area contributed by atoms with Gasteiger partial charge in [0.25, 0.3) is 0 Å². The van der Waals surface area contributed by atoms with Crippen LogP contribution in [0.1, 0.15) is 19.8 Å². The number of carbonyl (C=O) groups is 1. The Balaban J connectivity index is 1.97. The van der Waals surface area contributed by atoms with Gasteiger partial charge < -0.3 is 5.32 Å². The highest BCUT2D eigenvalue weighted by Gasteiger charge is 2.39. The molecule has 2 aromatic carbocycles. The number of hydrogen-bond donors (Lipinski definition) is 1. The zero-order chi connectivity index (χ0) is 16.4. The number of fused-ring (bicyclic) bond motifs is 1. The van der Waals surface area contributed by atoms with E-state index in [0.29, 0.717) is 25.9 Å². The van der Waals surface area contributed by atoms with Gasteiger partial charge in [0.05, 0.1) is 4.90 Å². The van der Waals surface area contributed by atoms with Crippen LogP contribution in [-0.4, -0.2) is 37.8 Å². The van der Waals surface area contributed by atoms with Crippen LogP contribution < -0.4 is 5.32 Å².